The highest BCUT2D eigenvalue weighted by Gasteiger charge is 2.16. The fourth-order valence-corrected chi connectivity index (χ4v) is 9.31. The van der Waals surface area contributed by atoms with E-state index in [1.807, 2.05) is 54.6 Å². The lowest BCUT2D eigenvalue weighted by molar-refractivity contribution is 0.717. The third-order valence-corrected chi connectivity index (χ3v) is 10.8. The van der Waals surface area contributed by atoms with Crippen LogP contribution >= 0.6 is 69.3 Å². The van der Waals surface area contributed by atoms with E-state index in [4.69, 9.17) is 29.9 Å². The van der Waals surface area contributed by atoms with Gasteiger partial charge >= 0.3 is 0 Å². The molecule has 0 saturated heterocycles. The molecule has 0 fully saturated rings. The van der Waals surface area contributed by atoms with E-state index in [0.29, 0.717) is 15.5 Å². The number of fused-ring (bicyclic) bond motifs is 3. The lowest BCUT2D eigenvalue weighted by Gasteiger charge is -2.03. The first-order chi connectivity index (χ1) is 17.7. The van der Waals surface area contributed by atoms with Gasteiger partial charge in [0, 0.05) is 0 Å². The summed E-state index contributed by atoms with van der Waals surface area (Å²) in [5, 5.41) is 1.82. The Hall–Kier alpha value is -2.61. The van der Waals surface area contributed by atoms with Crippen LogP contribution in [0.4, 0.5) is 0 Å². The molecule has 4 aromatic heterocycles. The summed E-state index contributed by atoms with van der Waals surface area (Å²) in [5.74, 6) is 0. The van der Waals surface area contributed by atoms with E-state index < -0.39 is 0 Å². The van der Waals surface area contributed by atoms with E-state index in [9.17, 15) is 0 Å². The van der Waals surface area contributed by atoms with Gasteiger partial charge in [0.25, 0.3) is 0 Å². The molecule has 7 aromatic rings. The zero-order chi connectivity index (χ0) is 23.9. The van der Waals surface area contributed by atoms with E-state index >= 15 is 0 Å². The maximum Gasteiger partial charge on any atom is 0.199 e. The van der Waals surface area contributed by atoms with Crippen molar-refractivity contribution >= 4 is 99.9 Å². The van der Waals surface area contributed by atoms with Crippen molar-refractivity contribution in [1.29, 1.82) is 0 Å². The molecule has 0 saturated carbocycles. The van der Waals surface area contributed by atoms with Crippen LogP contribution in [0, 0.1) is 0 Å². The first kappa shape index (κ1) is 22.6. The molecule has 4 heterocycles. The summed E-state index contributed by atoms with van der Waals surface area (Å²) in [6, 6.07) is 24.4. The van der Waals surface area contributed by atoms with Crippen molar-refractivity contribution < 1.29 is 0 Å². The molecule has 0 amide bonds. The van der Waals surface area contributed by atoms with Crippen molar-refractivity contribution in [3.63, 3.8) is 0 Å². The first-order valence-corrected chi connectivity index (χ1v) is 15.5. The lowest BCUT2D eigenvalue weighted by atomic mass is 10.3. The van der Waals surface area contributed by atoms with Crippen LogP contribution in [0.5, 0.6) is 0 Å². The topological polar surface area (TPSA) is 77.3 Å². The second kappa shape index (κ2) is 9.69. The molecule has 3 aromatic carbocycles. The Morgan fingerprint density at radius 3 is 1.00 bits per heavy atom. The van der Waals surface area contributed by atoms with Gasteiger partial charge in [-0.15, -0.1) is 34.0 Å². The second-order valence-corrected chi connectivity index (χ2v) is 14.1. The molecule has 36 heavy (non-hydrogen) atoms. The molecule has 7 rings (SSSR count). The Balaban J connectivity index is 1.24. The smallest absolute Gasteiger partial charge is 0.199 e. The van der Waals surface area contributed by atoms with Crippen LogP contribution in [0.3, 0.4) is 0 Å². The highest BCUT2D eigenvalue weighted by Crippen LogP contribution is 2.38. The average molecular weight is 577 g/mol. The molecular formula is C24H12N6S6. The van der Waals surface area contributed by atoms with Gasteiger partial charge in [-0.2, -0.15) is 15.0 Å². The molecule has 0 radical (unpaired) electrons. The highest BCUT2D eigenvalue weighted by atomic mass is 32.2. The maximum atomic E-state index is 4.76. The number of rotatable bonds is 6. The van der Waals surface area contributed by atoms with Gasteiger partial charge in [-0.25, -0.2) is 15.0 Å². The van der Waals surface area contributed by atoms with Gasteiger partial charge in [0.2, 0.25) is 0 Å². The van der Waals surface area contributed by atoms with E-state index in [2.05, 4.69) is 18.2 Å². The van der Waals surface area contributed by atoms with Crippen LogP contribution in [0.15, 0.2) is 101 Å². The minimum atomic E-state index is 0.608. The van der Waals surface area contributed by atoms with Gasteiger partial charge in [0.1, 0.15) is 0 Å². The Kier molecular flexibility index (Phi) is 6.08. The highest BCUT2D eigenvalue weighted by molar-refractivity contribution is 8.02. The van der Waals surface area contributed by atoms with Crippen LogP contribution in [0.2, 0.25) is 0 Å². The molecule has 0 aliphatic carbocycles. The van der Waals surface area contributed by atoms with Crippen LogP contribution in [-0.2, 0) is 0 Å². The van der Waals surface area contributed by atoms with Crippen molar-refractivity contribution in [1.82, 2.24) is 29.9 Å². The number of aromatic nitrogens is 6. The van der Waals surface area contributed by atoms with E-state index in [1.54, 1.807) is 34.0 Å². The Labute approximate surface area is 229 Å². The van der Waals surface area contributed by atoms with Gasteiger partial charge < -0.3 is 0 Å². The summed E-state index contributed by atoms with van der Waals surface area (Å²) in [5.41, 5.74) is 2.94. The minimum absolute atomic E-state index is 0.608. The molecule has 0 bridgehead atoms. The molecule has 0 N–H and O–H groups in total. The van der Waals surface area contributed by atoms with E-state index in [-0.39, 0.29) is 0 Å². The van der Waals surface area contributed by atoms with Crippen molar-refractivity contribution in [3.05, 3.63) is 72.8 Å². The van der Waals surface area contributed by atoms with Crippen molar-refractivity contribution in [2.24, 2.45) is 0 Å². The van der Waals surface area contributed by atoms with Gasteiger partial charge in [0.15, 0.2) is 28.5 Å². The Bertz CT molecular complexity index is 1530. The SMILES string of the molecule is c1ccc2sc(Sc3nc(Sc4nc5ccccc5s4)nc(Sc4nc5ccccc5s4)n3)nc2c1. The van der Waals surface area contributed by atoms with Gasteiger partial charge in [-0.1, -0.05) is 36.4 Å². The summed E-state index contributed by atoms with van der Waals surface area (Å²) in [6.07, 6.45) is 0. The van der Waals surface area contributed by atoms with E-state index in [1.165, 1.54) is 35.3 Å². The zero-order valence-electron chi connectivity index (χ0n) is 18.1. The Morgan fingerprint density at radius 1 is 0.389 bits per heavy atom. The van der Waals surface area contributed by atoms with Gasteiger partial charge in [0.05, 0.1) is 30.6 Å². The summed E-state index contributed by atoms with van der Waals surface area (Å²) >= 11 is 9.28. The number of thiazole rings is 3. The summed E-state index contributed by atoms with van der Waals surface area (Å²) in [6.45, 7) is 0. The largest absolute Gasteiger partial charge is 0.229 e. The summed E-state index contributed by atoms with van der Waals surface area (Å²) in [4.78, 5) is 28.5. The maximum absolute atomic E-state index is 4.76. The number of benzene rings is 3. The predicted molar refractivity (Wildman–Crippen MR) is 151 cm³/mol. The predicted octanol–water partition coefficient (Wildman–Crippen LogP) is 8.15. The number of para-hydroxylation sites is 3. The minimum Gasteiger partial charge on any atom is -0.229 e. The standard InChI is InChI=1S/C24H12N6S6/c1-4-10-16-13(7-1)25-22(31-16)34-19-28-20(35-23-26-14-8-2-5-11-17(14)32-23)30-21(29-19)36-24-27-15-9-3-6-12-18(15)33-24/h1-12H. The molecule has 6 nitrogen and oxygen atoms in total. The van der Waals surface area contributed by atoms with Crippen LogP contribution in [0.25, 0.3) is 30.6 Å². The van der Waals surface area contributed by atoms with Gasteiger partial charge in [-0.3, -0.25) is 0 Å². The molecule has 0 atom stereocenters. The van der Waals surface area contributed by atoms with Crippen molar-refractivity contribution in [2.45, 2.75) is 28.5 Å². The molecule has 174 valence electrons. The fraction of sp³-hybridized carbons (Fsp3) is 0. The quantitative estimate of drug-likeness (QED) is 0.195. The molecule has 12 heteroatoms. The molecular weight excluding hydrogens is 565 g/mol. The third-order valence-electron chi connectivity index (χ3n) is 4.93. The fourth-order valence-electron chi connectivity index (χ4n) is 3.38. The number of nitrogens with zero attached hydrogens (tertiary/aromatic N) is 6. The summed E-state index contributed by atoms with van der Waals surface area (Å²) < 4.78 is 6.12. The number of hydrogen-bond acceptors (Lipinski definition) is 12. The average Bonchev–Trinajstić information content (AvgIpc) is 3.58. The normalized spacial score (nSPS) is 11.7. The first-order valence-electron chi connectivity index (χ1n) is 10.6. The lowest BCUT2D eigenvalue weighted by Crippen LogP contribution is -1.96. The molecule has 0 spiro atoms. The Morgan fingerprint density at radius 2 is 0.694 bits per heavy atom. The molecule has 0 unspecified atom stereocenters. The number of hydrogen-bond donors (Lipinski definition) is 0. The summed E-state index contributed by atoms with van der Waals surface area (Å²) in [7, 11) is 0. The van der Waals surface area contributed by atoms with Crippen molar-refractivity contribution in [2.75, 3.05) is 0 Å². The van der Waals surface area contributed by atoms with Crippen LogP contribution in [-0.4, -0.2) is 29.9 Å². The molecule has 0 aliphatic rings. The van der Waals surface area contributed by atoms with Crippen LogP contribution < -0.4 is 0 Å². The second-order valence-electron chi connectivity index (χ2n) is 7.33. The monoisotopic (exact) mass is 576 g/mol. The third kappa shape index (κ3) is 4.72. The van der Waals surface area contributed by atoms with Crippen molar-refractivity contribution in [3.8, 4) is 0 Å². The zero-order valence-corrected chi connectivity index (χ0v) is 23.0. The van der Waals surface area contributed by atoms with Gasteiger partial charge in [-0.05, 0) is 71.7 Å². The van der Waals surface area contributed by atoms with E-state index in [0.717, 1.165) is 43.7 Å². The molecule has 0 aliphatic heterocycles. The van der Waals surface area contributed by atoms with Crippen LogP contribution in [0.1, 0.15) is 0 Å².